The third-order valence-corrected chi connectivity index (χ3v) is 4.09. The highest BCUT2D eigenvalue weighted by atomic mass is 35.5. The van der Waals surface area contributed by atoms with Gasteiger partial charge in [0.25, 0.3) is 5.91 Å². The summed E-state index contributed by atoms with van der Waals surface area (Å²) in [5, 5.41) is 14.2. The number of benzene rings is 1. The summed E-state index contributed by atoms with van der Waals surface area (Å²) in [7, 11) is 0. The summed E-state index contributed by atoms with van der Waals surface area (Å²) >= 11 is 13.2. The minimum Gasteiger partial charge on any atom is -0.395 e. The van der Waals surface area contributed by atoms with Crippen molar-refractivity contribution in [2.45, 2.75) is 6.42 Å². The van der Waals surface area contributed by atoms with Crippen LogP contribution in [0.4, 0.5) is 5.69 Å². The van der Waals surface area contributed by atoms with Crippen LogP contribution in [0.15, 0.2) is 29.6 Å². The van der Waals surface area contributed by atoms with E-state index in [9.17, 15) is 4.79 Å². The van der Waals surface area contributed by atoms with Gasteiger partial charge < -0.3 is 10.4 Å². The summed E-state index contributed by atoms with van der Waals surface area (Å²) in [6, 6.07) is 6.69. The number of halogens is 2. The highest BCUT2D eigenvalue weighted by Crippen LogP contribution is 2.25. The second-order valence-electron chi connectivity index (χ2n) is 4.02. The van der Waals surface area contributed by atoms with E-state index >= 15 is 0 Å². The molecule has 0 unspecified atom stereocenters. The number of aliphatic hydroxyl groups is 1. The van der Waals surface area contributed by atoms with Crippen molar-refractivity contribution in [2.75, 3.05) is 11.9 Å². The molecule has 0 spiro atoms. The molecule has 1 aromatic carbocycles. The van der Waals surface area contributed by atoms with Crippen molar-refractivity contribution in [3.63, 3.8) is 0 Å². The number of carbonyl (C=O) groups is 1. The lowest BCUT2D eigenvalue weighted by Gasteiger charge is -2.07. The number of anilines is 1. The Kier molecular flexibility index (Phi) is 5.66. The molecule has 0 radical (unpaired) electrons. The lowest BCUT2D eigenvalue weighted by atomic mass is 10.1. The van der Waals surface area contributed by atoms with Gasteiger partial charge in [-0.05, 0) is 29.6 Å². The Labute approximate surface area is 136 Å². The standard InChI is InChI=1S/C15H11Cl2NO2S/c16-11-4-5-13(10(9-11)3-1-2-7-19)18-15(20)14-12(17)6-8-21-14/h4-6,8-9,19H,2,7H2,(H,18,20). The second kappa shape index (κ2) is 7.48. The maximum atomic E-state index is 12.2. The van der Waals surface area contributed by atoms with E-state index < -0.39 is 0 Å². The Hall–Kier alpha value is -1.51. The zero-order chi connectivity index (χ0) is 15.2. The number of carbonyl (C=O) groups excluding carboxylic acids is 1. The molecule has 3 nitrogen and oxygen atoms in total. The molecule has 2 N–H and O–H groups in total. The lowest BCUT2D eigenvalue weighted by molar-refractivity contribution is 0.103. The van der Waals surface area contributed by atoms with E-state index in [0.717, 1.165) is 0 Å². The normalized spacial score (nSPS) is 9.86. The highest BCUT2D eigenvalue weighted by Gasteiger charge is 2.13. The Morgan fingerprint density at radius 2 is 2.14 bits per heavy atom. The van der Waals surface area contributed by atoms with E-state index in [1.54, 1.807) is 29.6 Å². The van der Waals surface area contributed by atoms with Gasteiger partial charge in [0.1, 0.15) is 4.88 Å². The van der Waals surface area contributed by atoms with E-state index in [-0.39, 0.29) is 12.5 Å². The number of amides is 1. The van der Waals surface area contributed by atoms with Gasteiger partial charge in [-0.2, -0.15) is 0 Å². The predicted molar refractivity (Wildman–Crippen MR) is 87.3 cm³/mol. The first-order chi connectivity index (χ1) is 10.1. The summed E-state index contributed by atoms with van der Waals surface area (Å²) in [4.78, 5) is 12.6. The van der Waals surface area contributed by atoms with Crippen molar-refractivity contribution in [1.82, 2.24) is 0 Å². The van der Waals surface area contributed by atoms with Gasteiger partial charge in [0.15, 0.2) is 0 Å². The molecular weight excluding hydrogens is 329 g/mol. The summed E-state index contributed by atoms with van der Waals surface area (Å²) in [5.74, 6) is 5.40. The summed E-state index contributed by atoms with van der Waals surface area (Å²) in [5.41, 5.74) is 1.15. The molecule has 0 fully saturated rings. The molecule has 6 heteroatoms. The van der Waals surface area contributed by atoms with Crippen LogP contribution in [-0.4, -0.2) is 17.6 Å². The average molecular weight is 340 g/mol. The van der Waals surface area contributed by atoms with Crippen LogP contribution in [-0.2, 0) is 0 Å². The Balaban J connectivity index is 2.26. The van der Waals surface area contributed by atoms with Crippen LogP contribution in [0.25, 0.3) is 0 Å². The lowest BCUT2D eigenvalue weighted by Crippen LogP contribution is -2.11. The van der Waals surface area contributed by atoms with Crippen LogP contribution >= 0.6 is 34.5 Å². The van der Waals surface area contributed by atoms with Gasteiger partial charge in [-0.15, -0.1) is 11.3 Å². The van der Waals surface area contributed by atoms with E-state index in [1.165, 1.54) is 11.3 Å². The first-order valence-electron chi connectivity index (χ1n) is 6.05. The molecule has 0 atom stereocenters. The average Bonchev–Trinajstić information content (AvgIpc) is 2.88. The molecule has 1 amide bonds. The van der Waals surface area contributed by atoms with Gasteiger partial charge in [0.2, 0.25) is 0 Å². The van der Waals surface area contributed by atoms with Crippen molar-refractivity contribution >= 4 is 46.1 Å². The monoisotopic (exact) mass is 339 g/mol. The van der Waals surface area contributed by atoms with E-state index in [1.807, 2.05) is 0 Å². The smallest absolute Gasteiger partial charge is 0.267 e. The molecule has 0 aliphatic rings. The number of hydrogen-bond acceptors (Lipinski definition) is 3. The zero-order valence-corrected chi connectivity index (χ0v) is 13.1. The summed E-state index contributed by atoms with van der Waals surface area (Å²) in [6.07, 6.45) is 0.358. The van der Waals surface area contributed by atoms with Crippen LogP contribution in [0.3, 0.4) is 0 Å². The molecule has 1 heterocycles. The molecular formula is C15H11Cl2NO2S. The van der Waals surface area contributed by atoms with Gasteiger partial charge >= 0.3 is 0 Å². The molecule has 0 aliphatic carbocycles. The quantitative estimate of drug-likeness (QED) is 0.829. The topological polar surface area (TPSA) is 49.3 Å². The van der Waals surface area contributed by atoms with Crippen LogP contribution in [0.1, 0.15) is 21.7 Å². The molecule has 21 heavy (non-hydrogen) atoms. The van der Waals surface area contributed by atoms with E-state index in [4.69, 9.17) is 28.3 Å². The zero-order valence-electron chi connectivity index (χ0n) is 10.8. The van der Waals surface area contributed by atoms with Gasteiger partial charge in [-0.25, -0.2) is 0 Å². The number of aliphatic hydroxyl groups excluding tert-OH is 1. The van der Waals surface area contributed by atoms with Gasteiger partial charge in [0, 0.05) is 17.0 Å². The Morgan fingerprint density at radius 1 is 1.33 bits per heavy atom. The summed E-state index contributed by atoms with van der Waals surface area (Å²) in [6.45, 7) is -0.0138. The number of thiophene rings is 1. The second-order valence-corrected chi connectivity index (χ2v) is 5.78. The Morgan fingerprint density at radius 3 is 2.81 bits per heavy atom. The van der Waals surface area contributed by atoms with Gasteiger partial charge in [-0.3, -0.25) is 4.79 Å². The van der Waals surface area contributed by atoms with Gasteiger partial charge in [-0.1, -0.05) is 35.0 Å². The molecule has 0 saturated heterocycles. The van der Waals surface area contributed by atoms with Crippen LogP contribution in [0, 0.1) is 11.8 Å². The predicted octanol–water partition coefficient (Wildman–Crippen LogP) is 4.04. The SMILES string of the molecule is O=C(Nc1ccc(Cl)cc1C#CCCO)c1sccc1Cl. The number of rotatable bonds is 3. The minimum atomic E-state index is -0.289. The van der Waals surface area contributed by atoms with Crippen molar-refractivity contribution in [2.24, 2.45) is 0 Å². The molecule has 2 rings (SSSR count). The van der Waals surface area contributed by atoms with Crippen molar-refractivity contribution in [3.05, 3.63) is 50.1 Å². The molecule has 1 aromatic heterocycles. The van der Waals surface area contributed by atoms with Crippen molar-refractivity contribution in [1.29, 1.82) is 0 Å². The van der Waals surface area contributed by atoms with Crippen LogP contribution in [0.5, 0.6) is 0 Å². The van der Waals surface area contributed by atoms with Crippen LogP contribution in [0.2, 0.25) is 10.0 Å². The van der Waals surface area contributed by atoms with E-state index in [2.05, 4.69) is 17.2 Å². The van der Waals surface area contributed by atoms with Crippen LogP contribution < -0.4 is 5.32 Å². The number of nitrogens with one attached hydrogen (secondary N) is 1. The number of hydrogen-bond donors (Lipinski definition) is 2. The maximum absolute atomic E-state index is 12.2. The van der Waals surface area contributed by atoms with Crippen molar-refractivity contribution < 1.29 is 9.90 Å². The molecule has 108 valence electrons. The van der Waals surface area contributed by atoms with Gasteiger partial charge in [0.05, 0.1) is 17.3 Å². The fraction of sp³-hybridized carbons (Fsp3) is 0.133. The first kappa shape index (κ1) is 15.9. The molecule has 0 saturated carbocycles. The Bertz CT molecular complexity index is 716. The molecule has 0 bridgehead atoms. The largest absolute Gasteiger partial charge is 0.395 e. The summed E-state index contributed by atoms with van der Waals surface area (Å²) < 4.78 is 0. The van der Waals surface area contributed by atoms with Crippen molar-refractivity contribution in [3.8, 4) is 11.8 Å². The fourth-order valence-corrected chi connectivity index (χ4v) is 2.79. The molecule has 2 aromatic rings. The maximum Gasteiger partial charge on any atom is 0.267 e. The fourth-order valence-electron chi connectivity index (χ4n) is 1.58. The third kappa shape index (κ3) is 4.23. The first-order valence-corrected chi connectivity index (χ1v) is 7.69. The third-order valence-electron chi connectivity index (χ3n) is 2.51. The van der Waals surface area contributed by atoms with E-state index in [0.29, 0.717) is 32.6 Å². The highest BCUT2D eigenvalue weighted by molar-refractivity contribution is 7.12. The minimum absolute atomic E-state index is 0.0138. The molecule has 0 aliphatic heterocycles.